The van der Waals surface area contributed by atoms with Crippen LogP contribution < -0.4 is 0 Å². The molecular formula is C10H8N4O2Zn. The first-order chi connectivity index (χ1) is 7.66. The summed E-state index contributed by atoms with van der Waals surface area (Å²) in [7, 11) is 0. The number of hydrogen-bond acceptors (Lipinski definition) is 5. The van der Waals surface area contributed by atoms with Gasteiger partial charge in [-0.15, -0.1) is 20.4 Å². The van der Waals surface area contributed by atoms with E-state index in [0.717, 1.165) is 0 Å². The van der Waals surface area contributed by atoms with E-state index in [9.17, 15) is 4.79 Å². The molecule has 0 atom stereocenters. The minimum absolute atomic E-state index is 0. The molecule has 7 heteroatoms. The maximum absolute atomic E-state index is 10.6. The molecule has 2 aromatic rings. The molecule has 0 saturated carbocycles. The van der Waals surface area contributed by atoms with E-state index < -0.39 is 5.97 Å². The monoisotopic (exact) mass is 280 g/mol. The van der Waals surface area contributed by atoms with Gasteiger partial charge in [-0.2, -0.15) is 0 Å². The Balaban J connectivity index is 0.00000144. The van der Waals surface area contributed by atoms with Gasteiger partial charge in [-0.3, -0.25) is 0 Å². The number of hydrogen-bond donors (Lipinski definition) is 1. The maximum Gasteiger partial charge on any atom is 0.335 e. The molecule has 0 bridgehead atoms. The number of carboxylic acid groups (broad SMARTS) is 1. The Hall–Kier alpha value is -1.75. The minimum Gasteiger partial charge on any atom is -0.478 e. The summed E-state index contributed by atoms with van der Waals surface area (Å²) in [6.07, 6.45) is 0. The molecule has 0 saturated heterocycles. The third-order valence-electron chi connectivity index (χ3n) is 1.97. The Kier molecular flexibility index (Phi) is 4.34. The van der Waals surface area contributed by atoms with E-state index in [0.29, 0.717) is 17.2 Å². The summed E-state index contributed by atoms with van der Waals surface area (Å²) in [5.41, 5.74) is 0.904. The molecule has 0 aliphatic heterocycles. The second kappa shape index (κ2) is 5.54. The number of aromatic carboxylic acids is 1. The van der Waals surface area contributed by atoms with Crippen LogP contribution in [0.3, 0.4) is 0 Å². The third kappa shape index (κ3) is 3.10. The molecule has 0 spiro atoms. The number of nitrogens with zero attached hydrogens (tertiary/aromatic N) is 4. The van der Waals surface area contributed by atoms with Crippen molar-refractivity contribution in [2.75, 3.05) is 0 Å². The topological polar surface area (TPSA) is 88.9 Å². The van der Waals surface area contributed by atoms with Gasteiger partial charge in [-0.05, 0) is 19.1 Å². The molecule has 82 valence electrons. The molecule has 1 heterocycles. The van der Waals surface area contributed by atoms with Gasteiger partial charge in [0.2, 0.25) is 5.82 Å². The zero-order valence-electron chi connectivity index (χ0n) is 9.16. The van der Waals surface area contributed by atoms with Gasteiger partial charge in [0, 0.05) is 25.0 Å². The van der Waals surface area contributed by atoms with E-state index in [4.69, 9.17) is 5.11 Å². The van der Waals surface area contributed by atoms with E-state index in [1.54, 1.807) is 19.1 Å². The van der Waals surface area contributed by atoms with Crippen LogP contribution in [0.4, 0.5) is 0 Å². The third-order valence-corrected chi connectivity index (χ3v) is 1.97. The fourth-order valence-electron chi connectivity index (χ4n) is 1.16. The molecule has 0 aliphatic rings. The van der Waals surface area contributed by atoms with E-state index in [-0.39, 0.29) is 25.0 Å². The Morgan fingerprint density at radius 2 is 1.59 bits per heavy atom. The molecular weight excluding hydrogens is 274 g/mol. The van der Waals surface area contributed by atoms with Crippen LogP contribution in [0.15, 0.2) is 24.3 Å². The number of aromatic nitrogens is 4. The van der Waals surface area contributed by atoms with Gasteiger partial charge in [0.05, 0.1) is 5.56 Å². The van der Waals surface area contributed by atoms with E-state index in [1.807, 2.05) is 0 Å². The predicted octanol–water partition coefficient (Wildman–Crippen LogP) is 0.938. The van der Waals surface area contributed by atoms with Crippen LogP contribution in [0, 0.1) is 6.92 Å². The molecule has 2 rings (SSSR count). The van der Waals surface area contributed by atoms with Gasteiger partial charge in [-0.1, -0.05) is 12.1 Å². The van der Waals surface area contributed by atoms with Crippen molar-refractivity contribution in [3.63, 3.8) is 0 Å². The quantitative estimate of drug-likeness (QED) is 0.824. The molecule has 1 aromatic heterocycles. The number of aryl methyl sites for hydroxylation is 1. The van der Waals surface area contributed by atoms with Gasteiger partial charge in [-0.25, -0.2) is 4.79 Å². The van der Waals surface area contributed by atoms with Crippen molar-refractivity contribution in [1.29, 1.82) is 0 Å². The van der Waals surface area contributed by atoms with Crippen molar-refractivity contribution < 1.29 is 29.4 Å². The molecule has 6 nitrogen and oxygen atoms in total. The standard InChI is InChI=1S/C10H8N4O2.Zn/c1-6-11-13-9(14-12-6)7-2-4-8(5-3-7)10(15)16;/h2-5H,1H3,(H,15,16);. The van der Waals surface area contributed by atoms with Crippen LogP contribution in [0.5, 0.6) is 0 Å². The summed E-state index contributed by atoms with van der Waals surface area (Å²) in [5.74, 6) is -0.0962. The van der Waals surface area contributed by atoms with Crippen LogP contribution in [0.25, 0.3) is 11.4 Å². The van der Waals surface area contributed by atoms with Crippen LogP contribution in [-0.4, -0.2) is 31.5 Å². The molecule has 1 N–H and O–H groups in total. The van der Waals surface area contributed by atoms with E-state index >= 15 is 0 Å². The predicted molar refractivity (Wildman–Crippen MR) is 54.8 cm³/mol. The fourth-order valence-corrected chi connectivity index (χ4v) is 1.16. The average molecular weight is 282 g/mol. The van der Waals surface area contributed by atoms with E-state index in [2.05, 4.69) is 20.4 Å². The Labute approximate surface area is 110 Å². The number of carbonyl (C=O) groups is 1. The van der Waals surface area contributed by atoms with E-state index in [1.165, 1.54) is 12.1 Å². The van der Waals surface area contributed by atoms with Crippen molar-refractivity contribution in [3.05, 3.63) is 35.7 Å². The smallest absolute Gasteiger partial charge is 0.335 e. The zero-order valence-corrected chi connectivity index (χ0v) is 12.1. The molecule has 0 fully saturated rings. The molecule has 0 amide bonds. The number of rotatable bonds is 2. The fraction of sp³-hybridized carbons (Fsp3) is 0.100. The SMILES string of the molecule is Cc1nnc(-c2ccc(C(=O)O)cc2)nn1.[Zn]. The van der Waals surface area contributed by atoms with Crippen LogP contribution in [0.1, 0.15) is 16.2 Å². The van der Waals surface area contributed by atoms with Crippen molar-refractivity contribution in [3.8, 4) is 11.4 Å². The first-order valence-electron chi connectivity index (χ1n) is 4.54. The second-order valence-corrected chi connectivity index (χ2v) is 3.15. The number of benzene rings is 1. The van der Waals surface area contributed by atoms with Crippen molar-refractivity contribution in [2.45, 2.75) is 6.92 Å². The summed E-state index contributed by atoms with van der Waals surface area (Å²) < 4.78 is 0. The molecule has 0 radical (unpaired) electrons. The van der Waals surface area contributed by atoms with Crippen molar-refractivity contribution in [1.82, 2.24) is 20.4 Å². The second-order valence-electron chi connectivity index (χ2n) is 3.15. The van der Waals surface area contributed by atoms with Gasteiger partial charge >= 0.3 is 5.97 Å². The first-order valence-corrected chi connectivity index (χ1v) is 4.54. The van der Waals surface area contributed by atoms with Gasteiger partial charge in [0.25, 0.3) is 0 Å². The maximum atomic E-state index is 10.6. The number of carboxylic acids is 1. The Morgan fingerprint density at radius 1 is 1.06 bits per heavy atom. The molecule has 1 aromatic carbocycles. The van der Waals surface area contributed by atoms with Crippen LogP contribution in [0.2, 0.25) is 0 Å². The normalized spacial score (nSPS) is 9.47. The zero-order chi connectivity index (χ0) is 11.5. The molecule has 0 unspecified atom stereocenters. The van der Waals surface area contributed by atoms with Crippen LogP contribution >= 0.6 is 0 Å². The summed E-state index contributed by atoms with van der Waals surface area (Å²) in [5, 5.41) is 24.0. The average Bonchev–Trinajstić information content (AvgIpc) is 2.30. The first kappa shape index (κ1) is 13.3. The molecule has 0 aliphatic carbocycles. The summed E-state index contributed by atoms with van der Waals surface area (Å²) in [6.45, 7) is 1.69. The minimum atomic E-state index is -0.965. The summed E-state index contributed by atoms with van der Waals surface area (Å²) in [4.78, 5) is 10.6. The molecule has 17 heavy (non-hydrogen) atoms. The van der Waals surface area contributed by atoms with Gasteiger partial charge in [0.15, 0.2) is 5.82 Å². The summed E-state index contributed by atoms with van der Waals surface area (Å²) in [6, 6.07) is 6.22. The Morgan fingerprint density at radius 3 is 2.06 bits per heavy atom. The van der Waals surface area contributed by atoms with Gasteiger partial charge < -0.3 is 5.11 Å². The van der Waals surface area contributed by atoms with Crippen molar-refractivity contribution >= 4 is 5.97 Å². The van der Waals surface area contributed by atoms with Gasteiger partial charge in [0.1, 0.15) is 0 Å². The van der Waals surface area contributed by atoms with Crippen molar-refractivity contribution in [2.24, 2.45) is 0 Å². The van der Waals surface area contributed by atoms with Crippen LogP contribution in [-0.2, 0) is 19.5 Å². The Bertz CT molecular complexity index is 513. The largest absolute Gasteiger partial charge is 0.478 e. The summed E-state index contributed by atoms with van der Waals surface area (Å²) >= 11 is 0.